The molecule has 0 atom stereocenters. The third-order valence-corrected chi connectivity index (χ3v) is 1.34. The van der Waals surface area contributed by atoms with Gasteiger partial charge < -0.3 is 10.2 Å². The first-order valence-corrected chi connectivity index (χ1v) is 3.60. The molecule has 0 aliphatic heterocycles. The summed E-state index contributed by atoms with van der Waals surface area (Å²) < 4.78 is 0. The minimum atomic E-state index is -1.42. The molecule has 1 rings (SSSR count). The van der Waals surface area contributed by atoms with Gasteiger partial charge in [0.05, 0.1) is 6.20 Å². The van der Waals surface area contributed by atoms with Crippen molar-refractivity contribution in [3.8, 4) is 0 Å². The highest BCUT2D eigenvalue weighted by atomic mass is 16.4. The maximum Gasteiger partial charge on any atom is 0.353 e. The van der Waals surface area contributed by atoms with E-state index < -0.39 is 17.4 Å². The van der Waals surface area contributed by atoms with Crippen molar-refractivity contribution < 1.29 is 15.0 Å². The maximum absolute atomic E-state index is 10.2. The van der Waals surface area contributed by atoms with Crippen molar-refractivity contribution in [3.63, 3.8) is 0 Å². The first-order chi connectivity index (χ1) is 6.61. The molecule has 1 aromatic rings. The summed E-state index contributed by atoms with van der Waals surface area (Å²) in [6.07, 6.45) is 4.83. The number of rotatable bonds is 3. The van der Waals surface area contributed by atoms with E-state index in [9.17, 15) is 9.90 Å². The van der Waals surface area contributed by atoms with Crippen LogP contribution in [-0.4, -0.2) is 31.9 Å². The number of carboxylic acid groups (broad SMARTS) is 1. The van der Waals surface area contributed by atoms with Gasteiger partial charge >= 0.3 is 5.97 Å². The SMILES string of the molecule is N=C(/C=C(\O)c1cnccn1)C(=O)O. The zero-order valence-corrected chi connectivity index (χ0v) is 7.01. The normalized spacial score (nSPS) is 11.0. The Labute approximate surface area is 79.1 Å². The molecule has 72 valence electrons. The zero-order chi connectivity index (χ0) is 10.6. The summed E-state index contributed by atoms with van der Waals surface area (Å²) in [5.41, 5.74) is -0.591. The Morgan fingerprint density at radius 3 is 2.64 bits per heavy atom. The number of nitrogens with zero attached hydrogens (tertiary/aromatic N) is 2. The van der Waals surface area contributed by atoms with E-state index in [0.717, 1.165) is 6.08 Å². The van der Waals surface area contributed by atoms with Gasteiger partial charge in [-0.05, 0) is 0 Å². The van der Waals surface area contributed by atoms with Crippen molar-refractivity contribution in [2.75, 3.05) is 0 Å². The lowest BCUT2D eigenvalue weighted by Gasteiger charge is -1.96. The molecule has 3 N–H and O–H groups in total. The van der Waals surface area contributed by atoms with Crippen LogP contribution in [0, 0.1) is 5.41 Å². The van der Waals surface area contributed by atoms with Crippen LogP contribution in [-0.2, 0) is 4.79 Å². The van der Waals surface area contributed by atoms with Crippen molar-refractivity contribution in [3.05, 3.63) is 30.4 Å². The average molecular weight is 193 g/mol. The number of aliphatic hydroxyl groups is 1. The number of carbonyl (C=O) groups is 1. The van der Waals surface area contributed by atoms with E-state index in [0.29, 0.717) is 0 Å². The van der Waals surface area contributed by atoms with Gasteiger partial charge in [-0.1, -0.05) is 0 Å². The molecule has 6 nitrogen and oxygen atoms in total. The van der Waals surface area contributed by atoms with Crippen molar-refractivity contribution in [2.45, 2.75) is 0 Å². The van der Waals surface area contributed by atoms with Crippen LogP contribution in [0.15, 0.2) is 24.7 Å². The average Bonchev–Trinajstić information content (AvgIpc) is 2.19. The number of hydrogen-bond donors (Lipinski definition) is 3. The Balaban J connectivity index is 2.91. The predicted octanol–water partition coefficient (Wildman–Crippen LogP) is 0.480. The van der Waals surface area contributed by atoms with Crippen LogP contribution in [0.4, 0.5) is 0 Å². The Morgan fingerprint density at radius 1 is 1.43 bits per heavy atom. The van der Waals surface area contributed by atoms with E-state index in [1.165, 1.54) is 18.6 Å². The Hall–Kier alpha value is -2.24. The molecule has 0 aromatic carbocycles. The van der Waals surface area contributed by atoms with E-state index in [4.69, 9.17) is 10.5 Å². The summed E-state index contributed by atoms with van der Waals surface area (Å²) in [6.45, 7) is 0. The molecule has 0 spiro atoms. The third-order valence-electron chi connectivity index (χ3n) is 1.34. The highest BCUT2D eigenvalue weighted by molar-refractivity contribution is 6.40. The largest absolute Gasteiger partial charge is 0.506 e. The lowest BCUT2D eigenvalue weighted by atomic mass is 10.3. The second kappa shape index (κ2) is 4.13. The van der Waals surface area contributed by atoms with Gasteiger partial charge in [0, 0.05) is 18.5 Å². The van der Waals surface area contributed by atoms with Crippen LogP contribution in [0.25, 0.3) is 5.76 Å². The van der Waals surface area contributed by atoms with Gasteiger partial charge in [-0.25, -0.2) is 9.78 Å². The van der Waals surface area contributed by atoms with Gasteiger partial charge in [0.2, 0.25) is 0 Å². The molecule has 0 amide bonds. The molecule has 1 heterocycles. The fraction of sp³-hybridized carbons (Fsp3) is 0. The standard InChI is InChI=1S/C8H7N3O3/c9-5(8(13)14)3-7(12)6-4-10-1-2-11-6/h1-4,9,12H,(H,13,14)/b7-3-,9-5?. The smallest absolute Gasteiger partial charge is 0.353 e. The Bertz CT molecular complexity index is 386. The van der Waals surface area contributed by atoms with Crippen molar-refractivity contribution >= 4 is 17.4 Å². The predicted molar refractivity (Wildman–Crippen MR) is 48.0 cm³/mol. The number of aromatic nitrogens is 2. The second-order valence-corrected chi connectivity index (χ2v) is 2.34. The molecule has 6 heteroatoms. The van der Waals surface area contributed by atoms with Crippen LogP contribution in [0.5, 0.6) is 0 Å². The fourth-order valence-corrected chi connectivity index (χ4v) is 0.704. The number of aliphatic carboxylic acids is 1. The molecular weight excluding hydrogens is 186 g/mol. The quantitative estimate of drug-likeness (QED) is 0.478. The van der Waals surface area contributed by atoms with Crippen LogP contribution in [0.1, 0.15) is 5.69 Å². The lowest BCUT2D eigenvalue weighted by molar-refractivity contribution is -0.129. The molecular formula is C8H7N3O3. The molecule has 0 saturated carbocycles. The number of nitrogens with one attached hydrogen (secondary N) is 1. The van der Waals surface area contributed by atoms with E-state index in [1.807, 2.05) is 0 Å². The molecule has 0 unspecified atom stereocenters. The monoisotopic (exact) mass is 193 g/mol. The van der Waals surface area contributed by atoms with Crippen molar-refractivity contribution in [1.82, 2.24) is 9.97 Å². The minimum Gasteiger partial charge on any atom is -0.506 e. The lowest BCUT2D eigenvalue weighted by Crippen LogP contribution is -2.08. The van der Waals surface area contributed by atoms with Gasteiger partial charge in [0.25, 0.3) is 0 Å². The third kappa shape index (κ3) is 2.37. The summed E-state index contributed by atoms with van der Waals surface area (Å²) in [4.78, 5) is 17.6. The summed E-state index contributed by atoms with van der Waals surface area (Å²) in [7, 11) is 0. The van der Waals surface area contributed by atoms with Gasteiger partial charge in [0.1, 0.15) is 17.2 Å². The highest BCUT2D eigenvalue weighted by Gasteiger charge is 2.06. The molecule has 0 saturated heterocycles. The van der Waals surface area contributed by atoms with E-state index in [1.54, 1.807) is 0 Å². The molecule has 0 aliphatic carbocycles. The Morgan fingerprint density at radius 2 is 2.14 bits per heavy atom. The molecule has 0 bridgehead atoms. The van der Waals surface area contributed by atoms with E-state index in [2.05, 4.69) is 9.97 Å². The molecule has 0 radical (unpaired) electrons. The topological polar surface area (TPSA) is 107 Å². The van der Waals surface area contributed by atoms with Crippen molar-refractivity contribution in [2.24, 2.45) is 0 Å². The molecule has 0 aliphatic rings. The summed E-state index contributed by atoms with van der Waals surface area (Å²) in [5, 5.41) is 24.6. The van der Waals surface area contributed by atoms with Gasteiger partial charge in [-0.2, -0.15) is 0 Å². The zero-order valence-electron chi connectivity index (χ0n) is 7.01. The van der Waals surface area contributed by atoms with Crippen LogP contribution >= 0.6 is 0 Å². The minimum absolute atomic E-state index is 0.124. The van der Waals surface area contributed by atoms with Crippen LogP contribution in [0.3, 0.4) is 0 Å². The molecule has 1 aromatic heterocycles. The van der Waals surface area contributed by atoms with Gasteiger partial charge in [-0.3, -0.25) is 10.4 Å². The fourth-order valence-electron chi connectivity index (χ4n) is 0.704. The number of carboxylic acids is 1. The van der Waals surface area contributed by atoms with Gasteiger partial charge in [0.15, 0.2) is 0 Å². The Kier molecular flexibility index (Phi) is 2.90. The number of hydrogen-bond acceptors (Lipinski definition) is 5. The first kappa shape index (κ1) is 9.85. The van der Waals surface area contributed by atoms with Crippen LogP contribution in [0.2, 0.25) is 0 Å². The van der Waals surface area contributed by atoms with Crippen LogP contribution < -0.4 is 0 Å². The summed E-state index contributed by atoms with van der Waals surface area (Å²) in [6, 6.07) is 0. The summed E-state index contributed by atoms with van der Waals surface area (Å²) in [5.74, 6) is -1.81. The first-order valence-electron chi connectivity index (χ1n) is 3.60. The van der Waals surface area contributed by atoms with E-state index >= 15 is 0 Å². The van der Waals surface area contributed by atoms with Crippen molar-refractivity contribution in [1.29, 1.82) is 5.41 Å². The number of aliphatic hydroxyl groups excluding tert-OH is 1. The maximum atomic E-state index is 10.2. The van der Waals surface area contributed by atoms with E-state index in [-0.39, 0.29) is 5.69 Å². The highest BCUT2D eigenvalue weighted by Crippen LogP contribution is 2.04. The second-order valence-electron chi connectivity index (χ2n) is 2.34. The molecule has 0 fully saturated rings. The summed E-state index contributed by atoms with van der Waals surface area (Å²) >= 11 is 0. The van der Waals surface area contributed by atoms with Gasteiger partial charge in [-0.15, -0.1) is 0 Å². The molecule has 14 heavy (non-hydrogen) atoms.